The number of benzene rings is 1. The van der Waals surface area contributed by atoms with Crippen molar-refractivity contribution in [3.05, 3.63) is 28.2 Å². The molecule has 0 spiro atoms. The van der Waals surface area contributed by atoms with Crippen molar-refractivity contribution < 1.29 is 14.3 Å². The summed E-state index contributed by atoms with van der Waals surface area (Å²) in [5.74, 6) is 0.347. The van der Waals surface area contributed by atoms with Crippen LogP contribution in [0.3, 0.4) is 0 Å². The number of nitrogens with two attached hydrogens (primary N) is 1. The van der Waals surface area contributed by atoms with Crippen molar-refractivity contribution in [3.8, 4) is 5.75 Å². The van der Waals surface area contributed by atoms with Gasteiger partial charge in [-0.25, -0.2) is 0 Å². The second kappa shape index (κ2) is 10.0. The molecule has 0 aliphatic rings. The van der Waals surface area contributed by atoms with Crippen LogP contribution in [0.4, 0.5) is 0 Å². The van der Waals surface area contributed by atoms with Crippen LogP contribution in [-0.2, 0) is 4.79 Å². The number of hydrogen-bond acceptors (Lipinski definition) is 4. The first-order valence-corrected chi connectivity index (χ1v) is 8.30. The van der Waals surface area contributed by atoms with E-state index in [9.17, 15) is 9.59 Å². The van der Waals surface area contributed by atoms with Crippen LogP contribution >= 0.6 is 28.3 Å². The van der Waals surface area contributed by atoms with Gasteiger partial charge in [0.1, 0.15) is 5.75 Å². The summed E-state index contributed by atoms with van der Waals surface area (Å²) in [4.78, 5) is 26.2. The Morgan fingerprint density at radius 2 is 1.92 bits per heavy atom. The van der Waals surface area contributed by atoms with E-state index >= 15 is 0 Å². The van der Waals surface area contributed by atoms with Crippen molar-refractivity contribution in [3.63, 3.8) is 0 Å². The highest BCUT2D eigenvalue weighted by molar-refractivity contribution is 9.10. The number of methoxy groups -OCH3 is 1. The Balaban J connectivity index is 0.00000529. The van der Waals surface area contributed by atoms with E-state index < -0.39 is 0 Å². The topological polar surface area (TPSA) is 72.6 Å². The van der Waals surface area contributed by atoms with Crippen molar-refractivity contribution >= 4 is 40.0 Å². The van der Waals surface area contributed by atoms with E-state index in [0.29, 0.717) is 24.4 Å². The fourth-order valence-corrected chi connectivity index (χ4v) is 2.60. The molecule has 0 fully saturated rings. The third-order valence-electron chi connectivity index (χ3n) is 3.67. The van der Waals surface area contributed by atoms with Gasteiger partial charge in [-0.15, -0.1) is 12.4 Å². The lowest BCUT2D eigenvalue weighted by molar-refractivity contribution is -0.131. The summed E-state index contributed by atoms with van der Waals surface area (Å²) in [5, 5.41) is 0. The molecule has 136 valence electrons. The molecule has 7 heteroatoms. The molecule has 1 aromatic rings. The first kappa shape index (κ1) is 22.9. The summed E-state index contributed by atoms with van der Waals surface area (Å²) in [6.07, 6.45) is 0.324. The van der Waals surface area contributed by atoms with Crippen molar-refractivity contribution in [2.24, 2.45) is 11.1 Å². The fraction of sp³-hybridized carbons (Fsp3) is 0.529. The van der Waals surface area contributed by atoms with E-state index in [-0.39, 0.29) is 42.4 Å². The normalized spacial score (nSPS) is 10.8. The van der Waals surface area contributed by atoms with Gasteiger partial charge in [-0.3, -0.25) is 9.59 Å². The molecule has 1 rings (SSSR count). The third-order valence-corrected chi connectivity index (χ3v) is 4.16. The average molecular weight is 422 g/mol. The number of hydrogen-bond donors (Lipinski definition) is 1. The highest BCUT2D eigenvalue weighted by Crippen LogP contribution is 2.24. The molecule has 0 aliphatic carbocycles. The summed E-state index contributed by atoms with van der Waals surface area (Å²) in [6.45, 7) is 5.08. The molecule has 2 N–H and O–H groups in total. The molecule has 0 bridgehead atoms. The average Bonchev–Trinajstić information content (AvgIpc) is 2.51. The van der Waals surface area contributed by atoms with Gasteiger partial charge in [0, 0.05) is 30.9 Å². The lowest BCUT2D eigenvalue weighted by atomic mass is 9.93. The molecule has 0 saturated carbocycles. The molecule has 0 radical (unpaired) electrons. The monoisotopic (exact) mass is 420 g/mol. The van der Waals surface area contributed by atoms with Gasteiger partial charge < -0.3 is 15.4 Å². The Morgan fingerprint density at radius 3 is 2.46 bits per heavy atom. The maximum atomic E-state index is 12.4. The lowest BCUT2D eigenvalue weighted by Crippen LogP contribution is -2.39. The van der Waals surface area contributed by atoms with E-state index in [1.165, 1.54) is 7.11 Å². The molecule has 0 aliphatic heterocycles. The van der Waals surface area contributed by atoms with E-state index in [4.69, 9.17) is 10.5 Å². The largest absolute Gasteiger partial charge is 0.496 e. The number of rotatable bonds is 8. The number of nitrogens with zero attached hydrogens (tertiary/aromatic N) is 1. The number of ketones is 1. The van der Waals surface area contributed by atoms with Crippen LogP contribution in [0.2, 0.25) is 0 Å². The Kier molecular flexibility index (Phi) is 9.55. The van der Waals surface area contributed by atoms with Crippen LogP contribution in [0.1, 0.15) is 37.0 Å². The molecule has 0 unspecified atom stereocenters. The highest BCUT2D eigenvalue weighted by Gasteiger charge is 2.22. The first-order valence-electron chi connectivity index (χ1n) is 7.51. The maximum Gasteiger partial charge on any atom is 0.222 e. The van der Waals surface area contributed by atoms with Crippen molar-refractivity contribution in [2.75, 3.05) is 27.2 Å². The minimum absolute atomic E-state index is 0. The van der Waals surface area contributed by atoms with Crippen LogP contribution in [0.15, 0.2) is 22.7 Å². The van der Waals surface area contributed by atoms with E-state index in [1.54, 1.807) is 24.1 Å². The van der Waals surface area contributed by atoms with Crippen LogP contribution < -0.4 is 10.5 Å². The van der Waals surface area contributed by atoms with Gasteiger partial charge >= 0.3 is 0 Å². The zero-order chi connectivity index (χ0) is 17.6. The smallest absolute Gasteiger partial charge is 0.222 e. The number of Topliss-reactive ketones (excluding diaryl/α,β-unsaturated/α-hetero) is 1. The minimum atomic E-state index is -0.137. The molecular weight excluding hydrogens is 396 g/mol. The quantitative estimate of drug-likeness (QED) is 0.654. The van der Waals surface area contributed by atoms with Crippen LogP contribution in [0, 0.1) is 5.41 Å². The summed E-state index contributed by atoms with van der Waals surface area (Å²) in [5.41, 5.74) is 6.04. The van der Waals surface area contributed by atoms with Gasteiger partial charge in [-0.05, 0) is 30.2 Å². The summed E-state index contributed by atoms with van der Waals surface area (Å²) in [7, 11) is 3.26. The number of amides is 1. The molecular formula is C17H26BrClN2O3. The molecule has 0 saturated heterocycles. The standard InChI is InChI=1S/C17H25BrN2O3.ClH/c1-17(2,10-19)11-20(3)16(22)8-6-14(21)13-9-12(18)5-7-15(13)23-4;/h5,7,9H,6,8,10-11,19H2,1-4H3;1H. The summed E-state index contributed by atoms with van der Waals surface area (Å²) < 4.78 is 6.01. The highest BCUT2D eigenvalue weighted by atomic mass is 79.9. The van der Waals surface area contributed by atoms with Gasteiger partial charge in [0.2, 0.25) is 5.91 Å². The number of halogens is 2. The fourth-order valence-electron chi connectivity index (χ4n) is 2.24. The lowest BCUT2D eigenvalue weighted by Gasteiger charge is -2.29. The molecule has 5 nitrogen and oxygen atoms in total. The van der Waals surface area contributed by atoms with E-state index in [2.05, 4.69) is 15.9 Å². The number of ether oxygens (including phenoxy) is 1. The molecule has 1 aromatic carbocycles. The molecule has 1 amide bonds. The van der Waals surface area contributed by atoms with Crippen LogP contribution in [0.25, 0.3) is 0 Å². The number of carbonyl (C=O) groups excluding carboxylic acids is 2. The second-order valence-electron chi connectivity index (χ2n) is 6.39. The molecule has 0 heterocycles. The molecule has 0 atom stereocenters. The van der Waals surface area contributed by atoms with Crippen LogP contribution in [-0.4, -0.2) is 43.8 Å². The third kappa shape index (κ3) is 6.79. The van der Waals surface area contributed by atoms with Gasteiger partial charge in [0.15, 0.2) is 5.78 Å². The maximum absolute atomic E-state index is 12.4. The van der Waals surface area contributed by atoms with Crippen LogP contribution in [0.5, 0.6) is 5.75 Å². The predicted octanol–water partition coefficient (Wildman–Crippen LogP) is 3.29. The van der Waals surface area contributed by atoms with Gasteiger partial charge in [0.25, 0.3) is 0 Å². The van der Waals surface area contributed by atoms with E-state index in [0.717, 1.165) is 4.47 Å². The first-order chi connectivity index (χ1) is 10.7. The second-order valence-corrected chi connectivity index (χ2v) is 7.30. The Bertz CT molecular complexity index is 579. The van der Waals surface area contributed by atoms with Gasteiger partial charge in [-0.1, -0.05) is 29.8 Å². The SMILES string of the molecule is COc1ccc(Br)cc1C(=O)CCC(=O)N(C)CC(C)(C)CN.Cl. The zero-order valence-corrected chi connectivity index (χ0v) is 17.0. The van der Waals surface area contributed by atoms with Gasteiger partial charge in [-0.2, -0.15) is 0 Å². The predicted molar refractivity (Wildman–Crippen MR) is 102 cm³/mol. The Labute approximate surface area is 158 Å². The molecule has 0 aromatic heterocycles. The van der Waals surface area contributed by atoms with E-state index in [1.807, 2.05) is 19.9 Å². The summed E-state index contributed by atoms with van der Waals surface area (Å²) in [6, 6.07) is 5.26. The van der Waals surface area contributed by atoms with Crippen molar-refractivity contribution in [1.82, 2.24) is 4.90 Å². The summed E-state index contributed by atoms with van der Waals surface area (Å²) >= 11 is 3.34. The minimum Gasteiger partial charge on any atom is -0.496 e. The Morgan fingerprint density at radius 1 is 1.29 bits per heavy atom. The van der Waals surface area contributed by atoms with Crippen molar-refractivity contribution in [2.45, 2.75) is 26.7 Å². The number of carbonyl (C=O) groups is 2. The molecule has 24 heavy (non-hydrogen) atoms. The van der Waals surface area contributed by atoms with Gasteiger partial charge in [0.05, 0.1) is 12.7 Å². The Hall–Kier alpha value is -1.11. The van der Waals surface area contributed by atoms with Crippen molar-refractivity contribution in [1.29, 1.82) is 0 Å². The zero-order valence-electron chi connectivity index (χ0n) is 14.6.